The van der Waals surface area contributed by atoms with Crippen LogP contribution in [0.4, 0.5) is 5.00 Å². The van der Waals surface area contributed by atoms with Gasteiger partial charge in [0.1, 0.15) is 16.0 Å². The van der Waals surface area contributed by atoms with E-state index in [0.717, 1.165) is 17.5 Å². The van der Waals surface area contributed by atoms with Crippen LogP contribution < -0.4 is 4.72 Å². The average molecular weight is 300 g/mol. The summed E-state index contributed by atoms with van der Waals surface area (Å²) in [5.41, 5.74) is 0.267. The van der Waals surface area contributed by atoms with E-state index in [2.05, 4.69) is 9.71 Å². The van der Waals surface area contributed by atoms with Gasteiger partial charge in [-0.25, -0.2) is 8.42 Å². The zero-order valence-corrected chi connectivity index (χ0v) is 11.2. The first-order valence-electron chi connectivity index (χ1n) is 4.64. The highest BCUT2D eigenvalue weighted by Crippen LogP contribution is 2.27. The Hall–Kier alpha value is -1.62. The molecule has 0 atom stereocenters. The fourth-order valence-corrected chi connectivity index (χ4v) is 3.71. The third kappa shape index (κ3) is 2.46. The first kappa shape index (κ1) is 12.8. The molecule has 0 fully saturated rings. The van der Waals surface area contributed by atoms with E-state index in [4.69, 9.17) is 16.9 Å². The molecule has 92 valence electrons. The Morgan fingerprint density at radius 1 is 1.44 bits per heavy atom. The zero-order chi connectivity index (χ0) is 13.2. The number of rotatable bonds is 3. The van der Waals surface area contributed by atoms with Crippen LogP contribution >= 0.6 is 22.9 Å². The Kier molecular flexibility index (Phi) is 3.52. The molecular formula is C10H6ClN3O2S2. The van der Waals surface area contributed by atoms with E-state index in [1.165, 1.54) is 18.3 Å². The summed E-state index contributed by atoms with van der Waals surface area (Å²) in [6, 6.07) is 4.82. The van der Waals surface area contributed by atoms with Crippen LogP contribution in [0.5, 0.6) is 0 Å². The summed E-state index contributed by atoms with van der Waals surface area (Å²) in [4.78, 5) is 3.60. The Morgan fingerprint density at radius 3 is 2.89 bits per heavy atom. The number of nitrogens with one attached hydrogen (secondary N) is 1. The van der Waals surface area contributed by atoms with Crippen LogP contribution in [0.25, 0.3) is 0 Å². The van der Waals surface area contributed by atoms with Crippen molar-refractivity contribution >= 4 is 38.0 Å². The molecule has 2 aromatic heterocycles. The van der Waals surface area contributed by atoms with Gasteiger partial charge in [-0.1, -0.05) is 11.6 Å². The molecule has 1 N–H and O–H groups in total. The molecule has 0 aliphatic rings. The number of nitrogens with zero attached hydrogens (tertiary/aromatic N) is 2. The van der Waals surface area contributed by atoms with Gasteiger partial charge >= 0.3 is 0 Å². The largest absolute Gasteiger partial charge is 0.269 e. The number of aromatic nitrogens is 1. The van der Waals surface area contributed by atoms with E-state index in [0.29, 0.717) is 0 Å². The lowest BCUT2D eigenvalue weighted by Gasteiger charge is -2.07. The van der Waals surface area contributed by atoms with Crippen molar-refractivity contribution in [2.45, 2.75) is 4.90 Å². The van der Waals surface area contributed by atoms with Crippen molar-refractivity contribution in [2.75, 3.05) is 4.72 Å². The van der Waals surface area contributed by atoms with Gasteiger partial charge in [-0.2, -0.15) is 5.26 Å². The number of nitriles is 1. The second-order valence-corrected chi connectivity index (χ2v) is 6.16. The third-order valence-electron chi connectivity index (χ3n) is 2.04. The highest BCUT2D eigenvalue weighted by molar-refractivity contribution is 7.93. The van der Waals surface area contributed by atoms with Gasteiger partial charge in [0.05, 0.1) is 10.6 Å². The highest BCUT2D eigenvalue weighted by Gasteiger charge is 2.20. The lowest BCUT2D eigenvalue weighted by atomic mass is 10.4. The summed E-state index contributed by atoms with van der Waals surface area (Å²) < 4.78 is 26.4. The Morgan fingerprint density at radius 2 is 2.22 bits per heavy atom. The van der Waals surface area contributed by atoms with Crippen molar-refractivity contribution < 1.29 is 8.42 Å². The number of thiophene rings is 1. The van der Waals surface area contributed by atoms with Gasteiger partial charge < -0.3 is 0 Å². The van der Waals surface area contributed by atoms with E-state index < -0.39 is 10.0 Å². The van der Waals surface area contributed by atoms with Crippen LogP contribution in [0.2, 0.25) is 5.02 Å². The standard InChI is InChI=1S/C10H6ClN3O2S2/c11-8-1-3-13-6-9(8)18(15,16)14-10-7(5-12)2-4-17-10/h1-4,6,14H. The summed E-state index contributed by atoms with van der Waals surface area (Å²) in [5.74, 6) is 0. The molecule has 0 amide bonds. The number of hydrogen-bond acceptors (Lipinski definition) is 5. The number of pyridine rings is 1. The lowest BCUT2D eigenvalue weighted by Crippen LogP contribution is -2.13. The molecular weight excluding hydrogens is 294 g/mol. The van der Waals surface area contributed by atoms with Crippen molar-refractivity contribution in [2.24, 2.45) is 0 Å². The molecule has 5 nitrogen and oxygen atoms in total. The first-order valence-corrected chi connectivity index (χ1v) is 7.38. The molecule has 0 aromatic carbocycles. The van der Waals surface area contributed by atoms with Crippen LogP contribution in [0.3, 0.4) is 0 Å². The van der Waals surface area contributed by atoms with Crippen molar-refractivity contribution in [3.8, 4) is 6.07 Å². The fraction of sp³-hybridized carbons (Fsp3) is 0. The SMILES string of the molecule is N#Cc1ccsc1NS(=O)(=O)c1cnccc1Cl. The minimum atomic E-state index is -3.83. The highest BCUT2D eigenvalue weighted by atomic mass is 35.5. The molecule has 0 bridgehead atoms. The van der Waals surface area contributed by atoms with Gasteiger partial charge in [-0.05, 0) is 17.5 Å². The van der Waals surface area contributed by atoms with Crippen LogP contribution in [0.1, 0.15) is 5.56 Å². The Balaban J connectivity index is 2.41. The minimum Gasteiger partial charge on any atom is -0.269 e. The third-order valence-corrected chi connectivity index (χ3v) is 4.81. The summed E-state index contributed by atoms with van der Waals surface area (Å²) in [7, 11) is -3.83. The maximum absolute atomic E-state index is 12.1. The van der Waals surface area contributed by atoms with E-state index >= 15 is 0 Å². The second-order valence-electron chi connectivity index (χ2n) is 3.19. The predicted molar refractivity (Wildman–Crippen MR) is 69.1 cm³/mol. The van der Waals surface area contributed by atoms with E-state index in [9.17, 15) is 8.42 Å². The summed E-state index contributed by atoms with van der Waals surface area (Å²) in [6.07, 6.45) is 2.55. The number of anilines is 1. The van der Waals surface area contributed by atoms with Gasteiger partial charge in [0.25, 0.3) is 10.0 Å². The van der Waals surface area contributed by atoms with Crippen molar-refractivity contribution in [1.29, 1.82) is 5.26 Å². The molecule has 2 heterocycles. The van der Waals surface area contributed by atoms with Crippen LogP contribution in [-0.2, 0) is 10.0 Å². The van der Waals surface area contributed by atoms with E-state index in [1.54, 1.807) is 5.38 Å². The van der Waals surface area contributed by atoms with Gasteiger partial charge in [0.2, 0.25) is 0 Å². The summed E-state index contributed by atoms with van der Waals surface area (Å²) >= 11 is 6.93. The molecule has 0 spiro atoms. The molecule has 0 radical (unpaired) electrons. The van der Waals surface area contributed by atoms with Gasteiger partial charge in [-0.15, -0.1) is 11.3 Å². The summed E-state index contributed by atoms with van der Waals surface area (Å²) in [5, 5.41) is 10.8. The van der Waals surface area contributed by atoms with Crippen LogP contribution in [0, 0.1) is 11.3 Å². The molecule has 0 saturated heterocycles. The van der Waals surface area contributed by atoms with Crippen molar-refractivity contribution in [3.05, 3.63) is 40.5 Å². The zero-order valence-electron chi connectivity index (χ0n) is 8.79. The maximum Gasteiger partial charge on any atom is 0.265 e. The normalized spacial score (nSPS) is 10.9. The van der Waals surface area contributed by atoms with Gasteiger partial charge in [0, 0.05) is 12.4 Å². The fourth-order valence-electron chi connectivity index (χ4n) is 1.21. The second kappa shape index (κ2) is 4.94. The first-order chi connectivity index (χ1) is 8.54. The summed E-state index contributed by atoms with van der Waals surface area (Å²) in [6.45, 7) is 0. The molecule has 2 aromatic rings. The topological polar surface area (TPSA) is 82.9 Å². The van der Waals surface area contributed by atoms with Crippen molar-refractivity contribution in [3.63, 3.8) is 0 Å². The quantitative estimate of drug-likeness (QED) is 0.943. The Labute approximate surface area is 113 Å². The molecule has 0 aliphatic heterocycles. The predicted octanol–water partition coefficient (Wildman–Crippen LogP) is 2.47. The van der Waals surface area contributed by atoms with E-state index in [1.807, 2.05) is 6.07 Å². The number of hydrogen-bond donors (Lipinski definition) is 1. The molecule has 18 heavy (non-hydrogen) atoms. The minimum absolute atomic E-state index is 0.0764. The van der Waals surface area contributed by atoms with Crippen molar-refractivity contribution in [1.82, 2.24) is 4.98 Å². The van der Waals surface area contributed by atoms with Gasteiger partial charge in [0.15, 0.2) is 0 Å². The average Bonchev–Trinajstić information content (AvgIpc) is 2.76. The molecule has 2 rings (SSSR count). The van der Waals surface area contributed by atoms with Gasteiger partial charge in [-0.3, -0.25) is 9.71 Å². The van der Waals surface area contributed by atoms with Crippen LogP contribution in [0.15, 0.2) is 34.8 Å². The molecule has 8 heteroatoms. The molecule has 0 saturated carbocycles. The Bertz CT molecular complexity index is 719. The monoisotopic (exact) mass is 299 g/mol. The van der Waals surface area contributed by atoms with E-state index in [-0.39, 0.29) is 20.5 Å². The maximum atomic E-state index is 12.1. The molecule has 0 aliphatic carbocycles. The lowest BCUT2D eigenvalue weighted by molar-refractivity contribution is 0.601. The van der Waals surface area contributed by atoms with Crippen LogP contribution in [-0.4, -0.2) is 13.4 Å². The number of sulfonamides is 1. The molecule has 0 unspecified atom stereocenters. The number of halogens is 1. The smallest absolute Gasteiger partial charge is 0.265 e.